The van der Waals surface area contributed by atoms with E-state index in [1.165, 1.54) is 36.1 Å². The maximum atomic E-state index is 13.5. The number of carbonyl (C=O) groups excluding carboxylic acids is 1. The van der Waals surface area contributed by atoms with E-state index in [0.29, 0.717) is 29.8 Å². The number of aryl methyl sites for hydroxylation is 1. The maximum Gasteiger partial charge on any atom is 0.323 e. The van der Waals surface area contributed by atoms with Crippen molar-refractivity contribution in [1.29, 1.82) is 0 Å². The first-order valence-electron chi connectivity index (χ1n) is 14.5. The standard InChI is InChI=1S/C33H41FN5O5S/c1-22-17-28(43-20-32(2,3)30(40)41-6)36-19-26(22)23-9-14-27(35-18-23)29-37-31(44-25-12-10-24(34)11-13-25)39(38-29)21-42-16-15-33(4,5)45(7)8/h9-14,17-19H,15-16,20-21H2,1-8H3/q+1. The minimum Gasteiger partial charge on any atom is -0.476 e. The molecule has 1 aromatic carbocycles. The maximum absolute atomic E-state index is 13.5. The lowest BCUT2D eigenvalue weighted by molar-refractivity contribution is -0.152. The topological polar surface area (TPSA) is 110 Å². The zero-order chi connectivity index (χ0) is 32.8. The average molecular weight is 639 g/mol. The van der Waals surface area contributed by atoms with E-state index in [1.807, 2.05) is 25.1 Å². The number of hydrogen-bond donors (Lipinski definition) is 0. The van der Waals surface area contributed by atoms with Gasteiger partial charge in [0, 0.05) is 36.0 Å². The van der Waals surface area contributed by atoms with Crippen LogP contribution in [0.25, 0.3) is 22.6 Å². The van der Waals surface area contributed by atoms with Crippen LogP contribution in [0, 0.1) is 18.2 Å². The van der Waals surface area contributed by atoms with E-state index in [-0.39, 0.29) is 46.8 Å². The Morgan fingerprint density at radius 1 is 1.02 bits per heavy atom. The second-order valence-corrected chi connectivity index (χ2v) is 14.8. The number of nitrogens with zero attached hydrogens (tertiary/aromatic N) is 5. The molecule has 12 heteroatoms. The van der Waals surface area contributed by atoms with Crippen molar-refractivity contribution < 1.29 is 28.1 Å². The summed E-state index contributed by atoms with van der Waals surface area (Å²) >= 11 is 0. The van der Waals surface area contributed by atoms with Crippen molar-refractivity contribution in [2.45, 2.75) is 52.5 Å². The smallest absolute Gasteiger partial charge is 0.323 e. The molecule has 3 heterocycles. The molecule has 3 aromatic heterocycles. The van der Waals surface area contributed by atoms with Gasteiger partial charge in [-0.15, -0.1) is 5.10 Å². The first-order valence-corrected chi connectivity index (χ1v) is 16.5. The number of methoxy groups -OCH3 is 1. The third kappa shape index (κ3) is 8.79. The summed E-state index contributed by atoms with van der Waals surface area (Å²) in [4.78, 5) is 25.6. The van der Waals surface area contributed by atoms with Crippen LogP contribution in [0.1, 0.15) is 39.7 Å². The Labute approximate surface area is 266 Å². The number of pyridine rings is 2. The number of aromatic nitrogens is 5. The minimum absolute atomic E-state index is 0.134. The van der Waals surface area contributed by atoms with Crippen LogP contribution in [0.3, 0.4) is 0 Å². The number of rotatable bonds is 14. The Kier molecular flexibility index (Phi) is 10.8. The fraction of sp³-hybridized carbons (Fsp3) is 0.424. The zero-order valence-electron chi connectivity index (χ0n) is 27.1. The number of carbonyl (C=O) groups is 1. The summed E-state index contributed by atoms with van der Waals surface area (Å²) in [6.45, 7) is 10.8. The summed E-state index contributed by atoms with van der Waals surface area (Å²) < 4.78 is 37.7. The highest BCUT2D eigenvalue weighted by atomic mass is 32.2. The van der Waals surface area contributed by atoms with Gasteiger partial charge in [0.25, 0.3) is 0 Å². The molecule has 0 unspecified atom stereocenters. The van der Waals surface area contributed by atoms with E-state index in [4.69, 9.17) is 18.9 Å². The molecular weight excluding hydrogens is 597 g/mol. The fourth-order valence-electron chi connectivity index (χ4n) is 4.06. The van der Waals surface area contributed by atoms with Crippen molar-refractivity contribution in [1.82, 2.24) is 24.7 Å². The van der Waals surface area contributed by atoms with Crippen molar-refractivity contribution in [3.05, 3.63) is 66.2 Å². The fourth-order valence-corrected chi connectivity index (χ4v) is 4.56. The molecule has 0 bridgehead atoms. The average Bonchev–Trinajstić information content (AvgIpc) is 3.41. The molecule has 4 rings (SSSR count). The van der Waals surface area contributed by atoms with Gasteiger partial charge in [-0.05, 0) is 81.4 Å². The lowest BCUT2D eigenvalue weighted by atomic mass is 9.95. The molecule has 0 saturated heterocycles. The molecule has 0 aliphatic heterocycles. The molecule has 0 saturated carbocycles. The third-order valence-electron chi connectivity index (χ3n) is 7.54. The Hall–Kier alpha value is -4.03. The summed E-state index contributed by atoms with van der Waals surface area (Å²) in [7, 11) is 1.60. The molecule has 45 heavy (non-hydrogen) atoms. The lowest BCUT2D eigenvalue weighted by Gasteiger charge is -2.21. The predicted molar refractivity (Wildman–Crippen MR) is 173 cm³/mol. The number of halogens is 1. The first-order chi connectivity index (χ1) is 21.3. The molecule has 0 fully saturated rings. The van der Waals surface area contributed by atoms with Crippen LogP contribution in [0.15, 0.2) is 54.9 Å². The highest BCUT2D eigenvalue weighted by Gasteiger charge is 2.31. The van der Waals surface area contributed by atoms with E-state index < -0.39 is 5.41 Å². The third-order valence-corrected chi connectivity index (χ3v) is 9.95. The van der Waals surface area contributed by atoms with Gasteiger partial charge in [0.2, 0.25) is 11.7 Å². The van der Waals surface area contributed by atoms with Crippen molar-refractivity contribution in [2.75, 3.05) is 32.8 Å². The van der Waals surface area contributed by atoms with Gasteiger partial charge >= 0.3 is 12.0 Å². The quantitative estimate of drug-likeness (QED) is 0.0900. The highest BCUT2D eigenvalue weighted by Crippen LogP contribution is 2.29. The van der Waals surface area contributed by atoms with Gasteiger partial charge in [-0.2, -0.15) is 9.67 Å². The summed E-state index contributed by atoms with van der Waals surface area (Å²) in [6, 6.07) is 11.5. The summed E-state index contributed by atoms with van der Waals surface area (Å²) in [5.41, 5.74) is 2.40. The van der Waals surface area contributed by atoms with Gasteiger partial charge in [-0.25, -0.2) is 9.37 Å². The van der Waals surface area contributed by atoms with Crippen LogP contribution in [0.2, 0.25) is 0 Å². The molecule has 0 aliphatic carbocycles. The van der Waals surface area contributed by atoms with Crippen LogP contribution in [-0.4, -0.2) is 68.3 Å². The van der Waals surface area contributed by atoms with Gasteiger partial charge in [-0.3, -0.25) is 9.78 Å². The van der Waals surface area contributed by atoms with E-state index in [9.17, 15) is 9.18 Å². The number of benzene rings is 1. The Bertz CT molecular complexity index is 1590. The predicted octanol–water partition coefficient (Wildman–Crippen LogP) is 6.24. The SMILES string of the molecule is COC(=O)C(C)(C)COc1cc(C)c(-c2ccc(-c3nc(Oc4ccc(F)cc4)n(COCCC(C)(C)[S+](C)C)n3)nc2)cn1. The molecule has 0 radical (unpaired) electrons. The summed E-state index contributed by atoms with van der Waals surface area (Å²) in [6.07, 6.45) is 8.80. The molecule has 0 N–H and O–H groups in total. The zero-order valence-corrected chi connectivity index (χ0v) is 27.9. The van der Waals surface area contributed by atoms with Crippen LogP contribution in [0.5, 0.6) is 17.6 Å². The van der Waals surface area contributed by atoms with E-state index in [1.54, 1.807) is 26.2 Å². The van der Waals surface area contributed by atoms with E-state index >= 15 is 0 Å². The largest absolute Gasteiger partial charge is 0.476 e. The van der Waals surface area contributed by atoms with Gasteiger partial charge in [-0.1, -0.05) is 6.07 Å². The lowest BCUT2D eigenvalue weighted by Crippen LogP contribution is -2.32. The second-order valence-electron chi connectivity index (χ2n) is 12.1. The normalized spacial score (nSPS) is 12.0. The van der Waals surface area contributed by atoms with Gasteiger partial charge in [0.1, 0.15) is 35.3 Å². The van der Waals surface area contributed by atoms with Crippen molar-refractivity contribution in [3.63, 3.8) is 0 Å². The summed E-state index contributed by atoms with van der Waals surface area (Å²) in [5.74, 6) is 0.482. The van der Waals surface area contributed by atoms with Gasteiger partial charge in [0.05, 0.1) is 31.6 Å². The molecule has 0 atom stereocenters. The first kappa shape index (κ1) is 33.9. The van der Waals surface area contributed by atoms with Crippen LogP contribution >= 0.6 is 0 Å². The molecule has 0 amide bonds. The molecule has 240 valence electrons. The molecular formula is C33H41FN5O5S+. The molecule has 0 spiro atoms. The monoisotopic (exact) mass is 638 g/mol. The van der Waals surface area contributed by atoms with Crippen molar-refractivity contribution in [2.24, 2.45) is 5.41 Å². The second kappa shape index (κ2) is 14.4. The highest BCUT2D eigenvalue weighted by molar-refractivity contribution is 7.96. The summed E-state index contributed by atoms with van der Waals surface area (Å²) in [5, 5.41) is 4.61. The Morgan fingerprint density at radius 3 is 2.38 bits per heavy atom. The number of esters is 1. The number of hydrogen-bond acceptors (Lipinski definition) is 9. The van der Waals surface area contributed by atoms with Gasteiger partial charge < -0.3 is 18.9 Å². The Balaban J connectivity index is 1.50. The van der Waals surface area contributed by atoms with E-state index in [2.05, 4.69) is 46.4 Å². The van der Waals surface area contributed by atoms with E-state index in [0.717, 1.165) is 23.1 Å². The Morgan fingerprint density at radius 2 is 1.76 bits per heavy atom. The number of ether oxygens (including phenoxy) is 4. The van der Waals surface area contributed by atoms with Crippen LogP contribution in [-0.2, 0) is 31.9 Å². The van der Waals surface area contributed by atoms with Crippen molar-refractivity contribution >= 4 is 16.9 Å². The molecule has 10 nitrogen and oxygen atoms in total. The molecule has 4 aromatic rings. The minimum atomic E-state index is -0.801. The van der Waals surface area contributed by atoms with Gasteiger partial charge in [0.15, 0.2) is 0 Å². The molecule has 0 aliphatic rings. The van der Waals surface area contributed by atoms with Crippen LogP contribution < -0.4 is 9.47 Å². The van der Waals surface area contributed by atoms with Crippen LogP contribution in [0.4, 0.5) is 4.39 Å². The van der Waals surface area contributed by atoms with Crippen molar-refractivity contribution in [3.8, 4) is 40.3 Å².